The summed E-state index contributed by atoms with van der Waals surface area (Å²) < 4.78 is 65.3. The highest BCUT2D eigenvalue weighted by Crippen LogP contribution is 2.65. The van der Waals surface area contributed by atoms with Gasteiger partial charge in [-0.1, -0.05) is 11.6 Å². The molecule has 1 aliphatic rings. The number of carbonyl (C=O) groups is 2. The molecule has 2 atom stereocenters. The van der Waals surface area contributed by atoms with Crippen LogP contribution in [0.25, 0.3) is 0 Å². The summed E-state index contributed by atoms with van der Waals surface area (Å²) in [5.74, 6) is -6.40. The summed E-state index contributed by atoms with van der Waals surface area (Å²) in [6.45, 7) is 0. The zero-order chi connectivity index (χ0) is 26.4. The molecule has 0 aromatic heterocycles. The van der Waals surface area contributed by atoms with Crippen LogP contribution in [0, 0.1) is 23.4 Å². The van der Waals surface area contributed by atoms with Gasteiger partial charge in [-0.05, 0) is 54.1 Å². The average Bonchev–Trinajstić information content (AvgIpc) is 3.38. The van der Waals surface area contributed by atoms with Crippen molar-refractivity contribution in [2.24, 2.45) is 5.92 Å². The molecule has 12 heteroatoms. The summed E-state index contributed by atoms with van der Waals surface area (Å²) in [5.41, 5.74) is -0.879. The van der Waals surface area contributed by atoms with Crippen molar-refractivity contribution in [1.29, 1.82) is 0 Å². The number of hydrogen-bond acceptors (Lipinski definition) is 2. The number of halogens is 8. The number of anilines is 2. The molecule has 0 spiro atoms. The number of nitrogens with one attached hydrogen (secondary N) is 2. The van der Waals surface area contributed by atoms with Gasteiger partial charge in [0.1, 0.15) is 21.8 Å². The topological polar surface area (TPSA) is 58.2 Å². The maximum atomic E-state index is 13.9. The molecule has 1 fully saturated rings. The van der Waals surface area contributed by atoms with Gasteiger partial charge in [-0.25, -0.2) is 22.0 Å². The van der Waals surface area contributed by atoms with Gasteiger partial charge in [0.05, 0.1) is 22.2 Å². The maximum Gasteiger partial charge on any atom is 0.263 e. The molecule has 3 aromatic carbocycles. The van der Waals surface area contributed by atoms with E-state index >= 15 is 0 Å². The van der Waals surface area contributed by atoms with Gasteiger partial charge in [0.15, 0.2) is 0 Å². The number of alkyl halides is 4. The molecule has 36 heavy (non-hydrogen) atoms. The molecular weight excluding hydrogens is 550 g/mol. The Hall–Kier alpha value is -2.88. The van der Waals surface area contributed by atoms with Crippen molar-refractivity contribution >= 4 is 58.0 Å². The lowest BCUT2D eigenvalue weighted by molar-refractivity contribution is -0.117. The summed E-state index contributed by atoms with van der Waals surface area (Å²) in [4.78, 5) is 25.5. The Labute approximate surface area is 216 Å². The summed E-state index contributed by atoms with van der Waals surface area (Å²) in [7, 11) is 0. The van der Waals surface area contributed by atoms with Gasteiger partial charge in [-0.2, -0.15) is 0 Å². The second-order valence-corrected chi connectivity index (χ2v) is 9.86. The fraction of sp³-hybridized carbons (Fsp3) is 0.167. The molecule has 1 aliphatic carbocycles. The third-order valence-electron chi connectivity index (χ3n) is 5.55. The highest BCUT2D eigenvalue weighted by molar-refractivity contribution is 6.53. The van der Waals surface area contributed by atoms with Crippen LogP contribution in [0.4, 0.5) is 33.3 Å². The molecule has 0 heterocycles. The highest BCUT2D eigenvalue weighted by atomic mass is 35.5. The van der Waals surface area contributed by atoms with Crippen LogP contribution < -0.4 is 10.6 Å². The molecule has 2 unspecified atom stereocenters. The van der Waals surface area contributed by atoms with E-state index in [4.69, 9.17) is 34.8 Å². The summed E-state index contributed by atoms with van der Waals surface area (Å²) in [5, 5.41) is 4.73. The first-order valence-electron chi connectivity index (χ1n) is 10.2. The summed E-state index contributed by atoms with van der Waals surface area (Å²) in [6.07, 6.45) is -2.94. The molecule has 4 rings (SSSR count). The van der Waals surface area contributed by atoms with Gasteiger partial charge in [0, 0.05) is 23.2 Å². The smallest absolute Gasteiger partial charge is 0.263 e. The molecule has 3 aromatic rings. The number of rotatable bonds is 6. The quantitative estimate of drug-likeness (QED) is 0.241. The lowest BCUT2D eigenvalue weighted by Crippen LogP contribution is -2.18. The fourth-order valence-corrected chi connectivity index (χ4v) is 4.82. The van der Waals surface area contributed by atoms with Gasteiger partial charge in [-0.3, -0.25) is 9.59 Å². The fourth-order valence-electron chi connectivity index (χ4n) is 3.79. The van der Waals surface area contributed by atoms with E-state index in [0.29, 0.717) is 12.1 Å². The number of carbonyl (C=O) groups excluding carboxylic acids is 2. The predicted molar refractivity (Wildman–Crippen MR) is 126 cm³/mol. The van der Waals surface area contributed by atoms with Crippen LogP contribution in [-0.2, 0) is 4.79 Å². The van der Waals surface area contributed by atoms with Crippen LogP contribution in [0.2, 0.25) is 5.02 Å². The zero-order valence-corrected chi connectivity index (χ0v) is 20.0. The Morgan fingerprint density at radius 3 is 2.28 bits per heavy atom. The minimum Gasteiger partial charge on any atom is -0.326 e. The number of benzene rings is 3. The van der Waals surface area contributed by atoms with E-state index in [1.54, 1.807) is 0 Å². The highest BCUT2D eigenvalue weighted by Gasteiger charge is 2.67. The van der Waals surface area contributed by atoms with Crippen molar-refractivity contribution in [1.82, 2.24) is 0 Å². The van der Waals surface area contributed by atoms with Crippen LogP contribution >= 0.6 is 34.8 Å². The van der Waals surface area contributed by atoms with Gasteiger partial charge in [0.2, 0.25) is 5.91 Å². The summed E-state index contributed by atoms with van der Waals surface area (Å²) >= 11 is 18.5. The minimum atomic E-state index is -2.94. The van der Waals surface area contributed by atoms with Crippen molar-refractivity contribution in [3.63, 3.8) is 0 Å². The van der Waals surface area contributed by atoms with Gasteiger partial charge >= 0.3 is 0 Å². The minimum absolute atomic E-state index is 0.0272. The Balaban J connectivity index is 1.52. The third kappa shape index (κ3) is 5.28. The molecule has 0 saturated heterocycles. The van der Waals surface area contributed by atoms with E-state index < -0.39 is 57.4 Å². The Morgan fingerprint density at radius 2 is 1.61 bits per heavy atom. The Morgan fingerprint density at radius 1 is 0.889 bits per heavy atom. The maximum absolute atomic E-state index is 13.9. The molecule has 4 nitrogen and oxygen atoms in total. The first-order valence-corrected chi connectivity index (χ1v) is 11.3. The molecule has 0 bridgehead atoms. The average molecular weight is 564 g/mol. The Kier molecular flexibility index (Phi) is 7.19. The van der Waals surface area contributed by atoms with Crippen molar-refractivity contribution in [3.05, 3.63) is 93.8 Å². The lowest BCUT2D eigenvalue weighted by atomic mass is 10.0. The third-order valence-corrected chi connectivity index (χ3v) is 6.82. The lowest BCUT2D eigenvalue weighted by Gasteiger charge is -2.11. The summed E-state index contributed by atoms with van der Waals surface area (Å²) in [6, 6.07) is 9.13. The zero-order valence-electron chi connectivity index (χ0n) is 17.8. The molecule has 0 radical (unpaired) electrons. The van der Waals surface area contributed by atoms with E-state index in [1.165, 1.54) is 18.2 Å². The molecular formula is C24H14Cl3F5N2O2. The Bertz CT molecular complexity index is 1370. The van der Waals surface area contributed by atoms with E-state index in [2.05, 4.69) is 10.6 Å². The van der Waals surface area contributed by atoms with Crippen molar-refractivity contribution in [2.75, 3.05) is 10.6 Å². The molecule has 1 saturated carbocycles. The van der Waals surface area contributed by atoms with E-state index in [0.717, 1.165) is 24.3 Å². The largest absolute Gasteiger partial charge is 0.326 e. The molecule has 188 valence electrons. The van der Waals surface area contributed by atoms with Gasteiger partial charge in [0.25, 0.3) is 12.3 Å². The van der Waals surface area contributed by atoms with Gasteiger partial charge < -0.3 is 10.6 Å². The van der Waals surface area contributed by atoms with E-state index in [1.807, 2.05) is 0 Å². The van der Waals surface area contributed by atoms with Crippen LogP contribution in [0.5, 0.6) is 0 Å². The van der Waals surface area contributed by atoms with Crippen molar-refractivity contribution in [3.8, 4) is 0 Å². The normalized spacial score (nSPS) is 18.1. The van der Waals surface area contributed by atoms with Crippen molar-refractivity contribution in [2.45, 2.75) is 16.7 Å². The molecule has 2 amide bonds. The number of hydrogen-bond donors (Lipinski definition) is 2. The first kappa shape index (κ1) is 26.2. The van der Waals surface area contributed by atoms with Crippen LogP contribution in [-0.4, -0.2) is 16.1 Å². The van der Waals surface area contributed by atoms with E-state index in [9.17, 15) is 31.5 Å². The van der Waals surface area contributed by atoms with Crippen LogP contribution in [0.1, 0.15) is 33.8 Å². The SMILES string of the molecule is O=C(Nc1ccc(F)cc1F)c1cc(NC(=O)C2C(c3cc(F)cc(C(F)F)c3)C2(Cl)Cl)ccc1Cl. The number of amides is 2. The molecule has 2 N–H and O–H groups in total. The monoisotopic (exact) mass is 562 g/mol. The second kappa shape index (κ2) is 9.88. The second-order valence-electron chi connectivity index (χ2n) is 8.01. The van der Waals surface area contributed by atoms with E-state index in [-0.39, 0.29) is 27.5 Å². The first-order chi connectivity index (χ1) is 16.9. The van der Waals surface area contributed by atoms with Crippen LogP contribution in [0.15, 0.2) is 54.6 Å². The van der Waals surface area contributed by atoms with Gasteiger partial charge in [-0.15, -0.1) is 23.2 Å². The van der Waals surface area contributed by atoms with Crippen LogP contribution in [0.3, 0.4) is 0 Å². The molecule has 0 aliphatic heterocycles. The predicted octanol–water partition coefficient (Wildman–Crippen LogP) is 7.47. The standard InChI is InChI=1S/C24H14Cl3F5N2O2/c25-16-3-2-14(9-15(16)22(35)34-18-4-1-12(28)8-17(18)30)33-23(36)20-19(24(20,26)27)10-5-11(21(31)32)7-13(29)6-10/h1-9,19-21H,(H,33,36)(H,34,35). The van der Waals surface area contributed by atoms with Crippen molar-refractivity contribution < 1.29 is 31.5 Å².